The number of sulfonamides is 1. The van der Waals surface area contributed by atoms with Crippen molar-refractivity contribution in [2.24, 2.45) is 5.92 Å². The molecule has 0 saturated heterocycles. The highest BCUT2D eigenvalue weighted by Crippen LogP contribution is 2.31. The Bertz CT molecular complexity index is 490. The molecule has 1 fully saturated rings. The number of nitrogens with zero attached hydrogens (tertiary/aromatic N) is 1. The fraction of sp³-hybridized carbons (Fsp3) is 0.600. The lowest BCUT2D eigenvalue weighted by molar-refractivity contribution is 0.233. The first-order chi connectivity index (χ1) is 9.05. The van der Waals surface area contributed by atoms with Crippen molar-refractivity contribution in [3.8, 4) is 0 Å². The van der Waals surface area contributed by atoms with Crippen molar-refractivity contribution in [3.05, 3.63) is 30.3 Å². The van der Waals surface area contributed by atoms with Gasteiger partial charge in [-0.2, -0.15) is 4.31 Å². The fourth-order valence-electron chi connectivity index (χ4n) is 2.87. The van der Waals surface area contributed by atoms with E-state index in [4.69, 9.17) is 0 Å². The summed E-state index contributed by atoms with van der Waals surface area (Å²) in [6.45, 7) is 2.22. The van der Waals surface area contributed by atoms with E-state index in [-0.39, 0.29) is 6.04 Å². The molecule has 1 aliphatic rings. The van der Waals surface area contributed by atoms with Gasteiger partial charge in [-0.25, -0.2) is 8.42 Å². The van der Waals surface area contributed by atoms with Crippen LogP contribution in [-0.2, 0) is 10.0 Å². The van der Waals surface area contributed by atoms with Gasteiger partial charge in [0, 0.05) is 13.1 Å². The largest absolute Gasteiger partial charge is 0.243 e. The number of hydrogen-bond donors (Lipinski definition) is 0. The second-order valence-electron chi connectivity index (χ2n) is 5.42. The SMILES string of the molecule is CCC1CCC(N(C)S(=O)(=O)c2ccccc2)CC1. The minimum absolute atomic E-state index is 0.160. The zero-order valence-electron chi connectivity index (χ0n) is 11.7. The summed E-state index contributed by atoms with van der Waals surface area (Å²) in [5.74, 6) is 0.782. The molecule has 0 aliphatic heterocycles. The highest BCUT2D eigenvalue weighted by atomic mass is 32.2. The molecule has 4 heteroatoms. The Morgan fingerprint density at radius 2 is 1.68 bits per heavy atom. The van der Waals surface area contributed by atoms with Crippen LogP contribution in [0.2, 0.25) is 0 Å². The first kappa shape index (κ1) is 14.5. The van der Waals surface area contributed by atoms with Crippen LogP contribution >= 0.6 is 0 Å². The zero-order valence-corrected chi connectivity index (χ0v) is 12.6. The van der Waals surface area contributed by atoms with Gasteiger partial charge >= 0.3 is 0 Å². The molecule has 0 radical (unpaired) electrons. The van der Waals surface area contributed by atoms with Gasteiger partial charge < -0.3 is 0 Å². The van der Waals surface area contributed by atoms with Gasteiger partial charge in [-0.1, -0.05) is 31.5 Å². The van der Waals surface area contributed by atoms with Gasteiger partial charge in [-0.05, 0) is 43.7 Å². The molecule has 1 aromatic rings. The van der Waals surface area contributed by atoms with Crippen molar-refractivity contribution in [2.45, 2.75) is 50.0 Å². The molecule has 1 saturated carbocycles. The molecule has 106 valence electrons. The Morgan fingerprint density at radius 3 is 2.21 bits per heavy atom. The molecule has 0 N–H and O–H groups in total. The highest BCUT2D eigenvalue weighted by Gasteiger charge is 2.30. The van der Waals surface area contributed by atoms with Crippen molar-refractivity contribution >= 4 is 10.0 Å². The third kappa shape index (κ3) is 3.18. The maximum Gasteiger partial charge on any atom is 0.243 e. The molecule has 3 nitrogen and oxygen atoms in total. The highest BCUT2D eigenvalue weighted by molar-refractivity contribution is 7.89. The van der Waals surface area contributed by atoms with Crippen LogP contribution in [0.1, 0.15) is 39.0 Å². The monoisotopic (exact) mass is 281 g/mol. The summed E-state index contributed by atoms with van der Waals surface area (Å²) < 4.78 is 26.6. The van der Waals surface area contributed by atoms with Crippen LogP contribution in [0.3, 0.4) is 0 Å². The van der Waals surface area contributed by atoms with Crippen molar-refractivity contribution in [1.82, 2.24) is 4.31 Å². The van der Waals surface area contributed by atoms with Crippen LogP contribution in [0, 0.1) is 5.92 Å². The molecule has 0 aromatic heterocycles. The number of hydrogen-bond acceptors (Lipinski definition) is 2. The minimum Gasteiger partial charge on any atom is -0.207 e. The summed E-state index contributed by atoms with van der Waals surface area (Å²) in [4.78, 5) is 0.398. The second kappa shape index (κ2) is 6.06. The molecule has 1 aromatic carbocycles. The first-order valence-electron chi connectivity index (χ1n) is 7.08. The van der Waals surface area contributed by atoms with Crippen LogP contribution in [-0.4, -0.2) is 25.8 Å². The summed E-state index contributed by atoms with van der Waals surface area (Å²) in [5.41, 5.74) is 0. The Labute approximate surface area is 116 Å². The average Bonchev–Trinajstić information content (AvgIpc) is 2.47. The Hall–Kier alpha value is -0.870. The average molecular weight is 281 g/mol. The van der Waals surface area contributed by atoms with E-state index in [1.807, 2.05) is 6.07 Å². The van der Waals surface area contributed by atoms with Crippen molar-refractivity contribution in [3.63, 3.8) is 0 Å². The van der Waals surface area contributed by atoms with E-state index in [2.05, 4.69) is 6.92 Å². The van der Waals surface area contributed by atoms with Crippen LogP contribution in [0.5, 0.6) is 0 Å². The van der Waals surface area contributed by atoms with Gasteiger partial charge in [-0.15, -0.1) is 0 Å². The molecule has 0 bridgehead atoms. The van der Waals surface area contributed by atoms with Crippen LogP contribution < -0.4 is 0 Å². The van der Waals surface area contributed by atoms with E-state index < -0.39 is 10.0 Å². The predicted octanol–water partition coefficient (Wildman–Crippen LogP) is 3.28. The predicted molar refractivity (Wildman–Crippen MR) is 77.4 cm³/mol. The summed E-state index contributed by atoms with van der Waals surface area (Å²) in [6.07, 6.45) is 5.48. The molecule has 1 aliphatic carbocycles. The third-order valence-electron chi connectivity index (χ3n) is 4.33. The Kier molecular flexibility index (Phi) is 4.63. The quantitative estimate of drug-likeness (QED) is 0.849. The zero-order chi connectivity index (χ0) is 13.9. The smallest absolute Gasteiger partial charge is 0.207 e. The Balaban J connectivity index is 2.10. The summed E-state index contributed by atoms with van der Waals surface area (Å²) in [5, 5.41) is 0. The van der Waals surface area contributed by atoms with Crippen LogP contribution in [0.15, 0.2) is 35.2 Å². The molecule has 0 amide bonds. The Morgan fingerprint density at radius 1 is 1.11 bits per heavy atom. The van der Waals surface area contributed by atoms with Crippen molar-refractivity contribution < 1.29 is 8.42 Å². The van der Waals surface area contributed by atoms with E-state index in [9.17, 15) is 8.42 Å². The van der Waals surface area contributed by atoms with Gasteiger partial charge in [0.1, 0.15) is 0 Å². The lowest BCUT2D eigenvalue weighted by atomic mass is 9.85. The molecule has 2 rings (SSSR count). The molecule has 0 unspecified atom stereocenters. The molecule has 19 heavy (non-hydrogen) atoms. The topological polar surface area (TPSA) is 37.4 Å². The van der Waals surface area contributed by atoms with E-state index >= 15 is 0 Å². The summed E-state index contributed by atoms with van der Waals surface area (Å²) in [7, 11) is -1.61. The molecule has 0 atom stereocenters. The second-order valence-corrected chi connectivity index (χ2v) is 7.41. The third-order valence-corrected chi connectivity index (χ3v) is 6.25. The summed E-state index contributed by atoms with van der Waals surface area (Å²) in [6, 6.07) is 8.88. The number of benzene rings is 1. The maximum absolute atomic E-state index is 12.5. The van der Waals surface area contributed by atoms with Gasteiger partial charge in [0.05, 0.1) is 4.90 Å². The van der Waals surface area contributed by atoms with Gasteiger partial charge in [0.15, 0.2) is 0 Å². The first-order valence-corrected chi connectivity index (χ1v) is 8.52. The van der Waals surface area contributed by atoms with Gasteiger partial charge in [0.25, 0.3) is 0 Å². The molecular weight excluding hydrogens is 258 g/mol. The van der Waals surface area contributed by atoms with E-state index in [0.29, 0.717) is 4.90 Å². The van der Waals surface area contributed by atoms with E-state index in [1.54, 1.807) is 35.6 Å². The van der Waals surface area contributed by atoms with Crippen molar-refractivity contribution in [2.75, 3.05) is 7.05 Å². The normalized spacial score (nSPS) is 24.6. The maximum atomic E-state index is 12.5. The van der Waals surface area contributed by atoms with E-state index in [1.165, 1.54) is 6.42 Å². The number of rotatable bonds is 4. The molecule has 0 spiro atoms. The van der Waals surface area contributed by atoms with Gasteiger partial charge in [0.2, 0.25) is 10.0 Å². The lowest BCUT2D eigenvalue weighted by Gasteiger charge is -2.33. The van der Waals surface area contributed by atoms with Gasteiger partial charge in [-0.3, -0.25) is 0 Å². The fourth-order valence-corrected chi connectivity index (χ4v) is 4.31. The van der Waals surface area contributed by atoms with Crippen LogP contribution in [0.25, 0.3) is 0 Å². The molecule has 0 heterocycles. The van der Waals surface area contributed by atoms with Crippen LogP contribution in [0.4, 0.5) is 0 Å². The van der Waals surface area contributed by atoms with Crippen molar-refractivity contribution in [1.29, 1.82) is 0 Å². The molecular formula is C15H23NO2S. The minimum atomic E-state index is -3.33. The van der Waals surface area contributed by atoms with E-state index in [0.717, 1.165) is 31.6 Å². The summed E-state index contributed by atoms with van der Waals surface area (Å²) >= 11 is 0. The lowest BCUT2D eigenvalue weighted by Crippen LogP contribution is -2.39. The standard InChI is InChI=1S/C15H23NO2S/c1-3-13-9-11-14(12-10-13)16(2)19(17,18)15-7-5-4-6-8-15/h4-8,13-14H,3,9-12H2,1-2H3.